The second-order valence-corrected chi connectivity index (χ2v) is 4.17. The summed E-state index contributed by atoms with van der Waals surface area (Å²) in [6, 6.07) is 7.26. The highest BCUT2D eigenvalue weighted by molar-refractivity contribution is 5.31. The average molecular weight is 254 g/mol. The monoisotopic (exact) mass is 254 g/mol. The van der Waals surface area contributed by atoms with Gasteiger partial charge in [-0.15, -0.1) is 0 Å². The predicted octanol–water partition coefficient (Wildman–Crippen LogP) is 1.99. The summed E-state index contributed by atoms with van der Waals surface area (Å²) in [6.07, 6.45) is 2.59. The van der Waals surface area contributed by atoms with Crippen LogP contribution in [0.2, 0.25) is 0 Å². The van der Waals surface area contributed by atoms with Gasteiger partial charge in [-0.05, 0) is 30.7 Å². The number of aliphatic hydroxyl groups excluding tert-OH is 2. The van der Waals surface area contributed by atoms with Gasteiger partial charge < -0.3 is 19.7 Å². The van der Waals surface area contributed by atoms with Gasteiger partial charge in [0.25, 0.3) is 0 Å². The molecule has 0 heterocycles. The molecule has 0 bridgehead atoms. The molecule has 0 saturated carbocycles. The Morgan fingerprint density at radius 3 is 2.22 bits per heavy atom. The van der Waals surface area contributed by atoms with Crippen LogP contribution in [0.3, 0.4) is 0 Å². The lowest BCUT2D eigenvalue weighted by Gasteiger charge is -2.10. The Morgan fingerprint density at radius 2 is 1.67 bits per heavy atom. The fraction of sp³-hybridized carbons (Fsp3) is 0.571. The molecule has 102 valence electrons. The highest BCUT2D eigenvalue weighted by atomic mass is 16.5. The summed E-state index contributed by atoms with van der Waals surface area (Å²) in [6.45, 7) is 2.69. The third-order valence-corrected chi connectivity index (χ3v) is 2.49. The number of ether oxygens (including phenoxy) is 2. The molecule has 1 aromatic carbocycles. The molecule has 0 amide bonds. The van der Waals surface area contributed by atoms with Gasteiger partial charge in [0.05, 0.1) is 13.2 Å². The van der Waals surface area contributed by atoms with Gasteiger partial charge in [-0.1, -0.05) is 19.8 Å². The molecule has 0 spiro atoms. The zero-order valence-electron chi connectivity index (χ0n) is 10.8. The van der Waals surface area contributed by atoms with Gasteiger partial charge in [0.1, 0.15) is 24.2 Å². The molecule has 0 unspecified atom stereocenters. The first-order chi connectivity index (χ1) is 8.76. The minimum absolute atomic E-state index is 0.0905. The van der Waals surface area contributed by atoms with Crippen LogP contribution in [-0.2, 0) is 0 Å². The first kappa shape index (κ1) is 14.8. The Kier molecular flexibility index (Phi) is 7.22. The van der Waals surface area contributed by atoms with Crippen LogP contribution in [0.5, 0.6) is 11.5 Å². The van der Waals surface area contributed by atoms with Crippen LogP contribution in [0.25, 0.3) is 0 Å². The van der Waals surface area contributed by atoms with E-state index in [1.165, 1.54) is 12.8 Å². The average Bonchev–Trinajstić information content (AvgIpc) is 2.42. The number of hydrogen-bond donors (Lipinski definition) is 2. The van der Waals surface area contributed by atoms with Crippen molar-refractivity contribution in [2.45, 2.75) is 32.3 Å². The molecule has 18 heavy (non-hydrogen) atoms. The maximum absolute atomic E-state index is 9.14. The standard InChI is InChI=1S/C14H22O4/c1-2-3-4-9-17-13-5-7-14(8-6-13)18-11-12(16)10-15/h5-8,12,15-16H,2-4,9-11H2,1H3/t12-/m0/s1. The number of hydrogen-bond acceptors (Lipinski definition) is 4. The van der Waals surface area contributed by atoms with Crippen molar-refractivity contribution in [1.29, 1.82) is 0 Å². The minimum Gasteiger partial charge on any atom is -0.494 e. The van der Waals surface area contributed by atoms with Crippen LogP contribution in [0.15, 0.2) is 24.3 Å². The molecular formula is C14H22O4. The van der Waals surface area contributed by atoms with Gasteiger partial charge in [-0.25, -0.2) is 0 Å². The maximum Gasteiger partial charge on any atom is 0.119 e. The fourth-order valence-corrected chi connectivity index (χ4v) is 1.42. The van der Waals surface area contributed by atoms with Gasteiger partial charge in [-0.2, -0.15) is 0 Å². The first-order valence-corrected chi connectivity index (χ1v) is 6.40. The van der Waals surface area contributed by atoms with Crippen molar-refractivity contribution < 1.29 is 19.7 Å². The van der Waals surface area contributed by atoms with E-state index in [1.807, 2.05) is 12.1 Å². The van der Waals surface area contributed by atoms with Gasteiger partial charge in [-0.3, -0.25) is 0 Å². The molecule has 0 aliphatic rings. The minimum atomic E-state index is -0.838. The van der Waals surface area contributed by atoms with Crippen LogP contribution in [-0.4, -0.2) is 36.1 Å². The second-order valence-electron chi connectivity index (χ2n) is 4.17. The van der Waals surface area contributed by atoms with E-state index in [4.69, 9.17) is 19.7 Å². The van der Waals surface area contributed by atoms with E-state index in [9.17, 15) is 0 Å². The Bertz CT molecular complexity index is 310. The lowest BCUT2D eigenvalue weighted by molar-refractivity contribution is 0.0536. The van der Waals surface area contributed by atoms with Crippen molar-refractivity contribution in [1.82, 2.24) is 0 Å². The summed E-state index contributed by atoms with van der Waals surface area (Å²) in [4.78, 5) is 0. The quantitative estimate of drug-likeness (QED) is 0.662. The van der Waals surface area contributed by atoms with Crippen molar-refractivity contribution >= 4 is 0 Å². The van der Waals surface area contributed by atoms with E-state index < -0.39 is 6.10 Å². The zero-order valence-corrected chi connectivity index (χ0v) is 10.8. The highest BCUT2D eigenvalue weighted by Gasteiger charge is 2.03. The topological polar surface area (TPSA) is 58.9 Å². The Labute approximate surface area is 108 Å². The summed E-state index contributed by atoms with van der Waals surface area (Å²) in [5.41, 5.74) is 0. The Morgan fingerprint density at radius 1 is 1.06 bits per heavy atom. The Balaban J connectivity index is 2.28. The maximum atomic E-state index is 9.14. The molecule has 0 radical (unpaired) electrons. The van der Waals surface area contributed by atoms with Crippen molar-refractivity contribution in [3.8, 4) is 11.5 Å². The van der Waals surface area contributed by atoms with Crippen LogP contribution < -0.4 is 9.47 Å². The van der Waals surface area contributed by atoms with Crippen molar-refractivity contribution in [3.63, 3.8) is 0 Å². The summed E-state index contributed by atoms with van der Waals surface area (Å²) < 4.78 is 10.9. The third-order valence-electron chi connectivity index (χ3n) is 2.49. The molecule has 0 aliphatic heterocycles. The molecule has 0 fully saturated rings. The number of aliphatic hydroxyl groups is 2. The summed E-state index contributed by atoms with van der Waals surface area (Å²) in [7, 11) is 0. The summed E-state index contributed by atoms with van der Waals surface area (Å²) >= 11 is 0. The lowest BCUT2D eigenvalue weighted by Crippen LogP contribution is -2.21. The molecule has 0 saturated heterocycles. The molecule has 0 aromatic heterocycles. The molecule has 0 aliphatic carbocycles. The second kappa shape index (κ2) is 8.78. The van der Waals surface area contributed by atoms with Gasteiger partial charge >= 0.3 is 0 Å². The normalized spacial score (nSPS) is 12.2. The Hall–Kier alpha value is -1.26. The molecule has 1 rings (SSSR count). The van der Waals surface area contributed by atoms with E-state index in [1.54, 1.807) is 12.1 Å². The number of rotatable bonds is 9. The largest absolute Gasteiger partial charge is 0.494 e. The van der Waals surface area contributed by atoms with Crippen LogP contribution in [0, 0.1) is 0 Å². The van der Waals surface area contributed by atoms with Crippen LogP contribution >= 0.6 is 0 Å². The fourth-order valence-electron chi connectivity index (χ4n) is 1.42. The molecular weight excluding hydrogens is 232 g/mol. The molecule has 4 heteroatoms. The smallest absolute Gasteiger partial charge is 0.119 e. The third kappa shape index (κ3) is 5.89. The summed E-state index contributed by atoms with van der Waals surface area (Å²) in [5, 5.41) is 17.8. The van der Waals surface area contributed by atoms with Gasteiger partial charge in [0.15, 0.2) is 0 Å². The molecule has 2 N–H and O–H groups in total. The highest BCUT2D eigenvalue weighted by Crippen LogP contribution is 2.18. The van der Waals surface area contributed by atoms with E-state index in [2.05, 4.69) is 6.92 Å². The zero-order chi connectivity index (χ0) is 13.2. The van der Waals surface area contributed by atoms with Gasteiger partial charge in [0, 0.05) is 0 Å². The number of unbranched alkanes of at least 4 members (excludes halogenated alkanes) is 2. The van der Waals surface area contributed by atoms with Crippen molar-refractivity contribution in [2.75, 3.05) is 19.8 Å². The summed E-state index contributed by atoms with van der Waals surface area (Å²) in [5.74, 6) is 1.48. The van der Waals surface area contributed by atoms with E-state index in [0.717, 1.165) is 18.8 Å². The van der Waals surface area contributed by atoms with Crippen LogP contribution in [0.4, 0.5) is 0 Å². The van der Waals surface area contributed by atoms with E-state index >= 15 is 0 Å². The lowest BCUT2D eigenvalue weighted by atomic mass is 10.3. The molecule has 1 aromatic rings. The van der Waals surface area contributed by atoms with E-state index in [0.29, 0.717) is 5.75 Å². The van der Waals surface area contributed by atoms with Gasteiger partial charge in [0.2, 0.25) is 0 Å². The molecule has 4 nitrogen and oxygen atoms in total. The van der Waals surface area contributed by atoms with Crippen molar-refractivity contribution in [3.05, 3.63) is 24.3 Å². The predicted molar refractivity (Wildman–Crippen MR) is 70.0 cm³/mol. The van der Waals surface area contributed by atoms with E-state index in [-0.39, 0.29) is 13.2 Å². The molecule has 1 atom stereocenters. The first-order valence-electron chi connectivity index (χ1n) is 6.40. The van der Waals surface area contributed by atoms with Crippen LogP contribution in [0.1, 0.15) is 26.2 Å². The SMILES string of the molecule is CCCCCOc1ccc(OC[C@@H](O)CO)cc1. The number of benzene rings is 1. The van der Waals surface area contributed by atoms with Crippen molar-refractivity contribution in [2.24, 2.45) is 0 Å².